The summed E-state index contributed by atoms with van der Waals surface area (Å²) >= 11 is 1.20. The van der Waals surface area contributed by atoms with Crippen LogP contribution >= 0.6 is 11.3 Å². The SMILES string of the molecule is Cc1c(N=Cc2ccc(C(=O)Nc3nc4ccc(S(C)(=O)=O)cc4s3)cc2)c(=O)n(-c2ccccc2)n1C. The van der Waals surface area contributed by atoms with Crippen LogP contribution in [0.1, 0.15) is 21.6 Å². The lowest BCUT2D eigenvalue weighted by Crippen LogP contribution is -2.19. The van der Waals surface area contributed by atoms with Gasteiger partial charge in [0.2, 0.25) is 0 Å². The van der Waals surface area contributed by atoms with E-state index in [1.165, 1.54) is 17.4 Å². The topological polar surface area (TPSA) is 115 Å². The Hall–Kier alpha value is -4.35. The van der Waals surface area contributed by atoms with E-state index in [0.717, 1.165) is 23.2 Å². The number of carbonyl (C=O) groups is 1. The van der Waals surface area contributed by atoms with Gasteiger partial charge in [0.05, 0.1) is 26.5 Å². The van der Waals surface area contributed by atoms with E-state index in [1.54, 1.807) is 52.0 Å². The number of nitrogens with zero attached hydrogens (tertiary/aromatic N) is 4. The molecule has 5 aromatic rings. The molecule has 9 nitrogen and oxygen atoms in total. The van der Waals surface area contributed by atoms with E-state index in [4.69, 9.17) is 0 Å². The van der Waals surface area contributed by atoms with Crippen LogP contribution in [-0.2, 0) is 16.9 Å². The number of fused-ring (bicyclic) bond motifs is 1. The smallest absolute Gasteiger partial charge is 0.297 e. The van der Waals surface area contributed by atoms with E-state index in [1.807, 2.05) is 44.3 Å². The fourth-order valence-corrected chi connectivity index (χ4v) is 5.54. The molecule has 0 atom stereocenters. The largest absolute Gasteiger partial charge is 0.298 e. The highest BCUT2D eigenvalue weighted by atomic mass is 32.2. The molecular formula is C27H23N5O4S2. The second-order valence-corrected chi connectivity index (χ2v) is 11.7. The fraction of sp³-hybridized carbons (Fsp3) is 0.111. The summed E-state index contributed by atoms with van der Waals surface area (Å²) in [7, 11) is -1.52. The van der Waals surface area contributed by atoms with Gasteiger partial charge in [-0.15, -0.1) is 0 Å². The summed E-state index contributed by atoms with van der Waals surface area (Å²) < 4.78 is 27.6. The molecule has 2 aromatic heterocycles. The number of aliphatic imine (C=N–C) groups is 1. The van der Waals surface area contributed by atoms with Gasteiger partial charge in [-0.1, -0.05) is 41.7 Å². The Kier molecular flexibility index (Phi) is 6.55. The Morgan fingerprint density at radius 2 is 1.76 bits per heavy atom. The lowest BCUT2D eigenvalue weighted by atomic mass is 10.1. The molecular weight excluding hydrogens is 522 g/mol. The molecule has 0 aliphatic carbocycles. The molecule has 0 aliphatic heterocycles. The van der Waals surface area contributed by atoms with Crippen molar-refractivity contribution in [3.05, 3.63) is 100.0 Å². The Morgan fingerprint density at radius 3 is 2.45 bits per heavy atom. The number of nitrogens with one attached hydrogen (secondary N) is 1. The molecule has 0 saturated heterocycles. The first-order chi connectivity index (χ1) is 18.1. The van der Waals surface area contributed by atoms with Crippen molar-refractivity contribution in [2.75, 3.05) is 11.6 Å². The minimum atomic E-state index is -3.34. The van der Waals surface area contributed by atoms with Gasteiger partial charge in [-0.25, -0.2) is 23.1 Å². The van der Waals surface area contributed by atoms with Crippen molar-refractivity contribution >= 4 is 54.3 Å². The second-order valence-electron chi connectivity index (χ2n) is 8.67. The van der Waals surface area contributed by atoms with Crippen molar-refractivity contribution in [1.29, 1.82) is 0 Å². The number of aromatic nitrogens is 3. The average molecular weight is 546 g/mol. The molecule has 0 unspecified atom stereocenters. The van der Waals surface area contributed by atoms with Gasteiger partial charge in [-0.3, -0.25) is 19.6 Å². The first kappa shape index (κ1) is 25.3. The molecule has 0 bridgehead atoms. The molecule has 0 aliphatic rings. The van der Waals surface area contributed by atoms with Gasteiger partial charge >= 0.3 is 0 Å². The van der Waals surface area contributed by atoms with Gasteiger partial charge < -0.3 is 0 Å². The molecule has 2 heterocycles. The number of thiazole rings is 1. The highest BCUT2D eigenvalue weighted by molar-refractivity contribution is 7.90. The molecule has 0 spiro atoms. The normalized spacial score (nSPS) is 11.9. The summed E-state index contributed by atoms with van der Waals surface area (Å²) in [6, 6.07) is 20.8. The molecule has 0 saturated carbocycles. The van der Waals surface area contributed by atoms with Gasteiger partial charge in [-0.05, 0) is 55.0 Å². The molecule has 11 heteroatoms. The lowest BCUT2D eigenvalue weighted by Gasteiger charge is -2.07. The number of amides is 1. The number of para-hydroxylation sites is 1. The van der Waals surface area contributed by atoms with Crippen LogP contribution < -0.4 is 10.9 Å². The minimum absolute atomic E-state index is 0.202. The quantitative estimate of drug-likeness (QED) is 0.316. The van der Waals surface area contributed by atoms with Crippen LogP contribution in [0, 0.1) is 6.92 Å². The molecule has 1 amide bonds. The van der Waals surface area contributed by atoms with Crippen LogP contribution in [-0.4, -0.2) is 41.1 Å². The highest BCUT2D eigenvalue weighted by Gasteiger charge is 2.16. The summed E-state index contributed by atoms with van der Waals surface area (Å²) in [6.07, 6.45) is 2.74. The lowest BCUT2D eigenvalue weighted by molar-refractivity contribution is 0.102. The highest BCUT2D eigenvalue weighted by Crippen LogP contribution is 2.28. The standard InChI is InChI=1S/C27H23N5O4S2/c1-17-24(26(34)32(31(17)2)20-7-5-4-6-8-20)28-16-18-9-11-19(12-10-18)25(33)30-27-29-22-14-13-21(38(3,35)36)15-23(22)37-27/h4-16H,1-3H3,(H,29,30,33). The van der Waals surface area contributed by atoms with E-state index < -0.39 is 9.84 Å². The van der Waals surface area contributed by atoms with Gasteiger partial charge in [0.1, 0.15) is 0 Å². The molecule has 0 fully saturated rings. The van der Waals surface area contributed by atoms with Crippen LogP contribution in [0.4, 0.5) is 10.8 Å². The van der Waals surface area contributed by atoms with Crippen LogP contribution in [0.15, 0.2) is 87.5 Å². The van der Waals surface area contributed by atoms with Gasteiger partial charge in [-0.2, -0.15) is 0 Å². The third kappa shape index (κ3) is 4.93. The molecule has 38 heavy (non-hydrogen) atoms. The number of benzene rings is 3. The van der Waals surface area contributed by atoms with E-state index in [2.05, 4.69) is 15.3 Å². The zero-order valence-electron chi connectivity index (χ0n) is 20.7. The maximum absolute atomic E-state index is 13.0. The fourth-order valence-electron chi connectivity index (χ4n) is 3.92. The Balaban J connectivity index is 1.32. The van der Waals surface area contributed by atoms with Crippen LogP contribution in [0.3, 0.4) is 0 Å². The molecule has 1 N–H and O–H groups in total. The van der Waals surface area contributed by atoms with Gasteiger partial charge in [0, 0.05) is 25.1 Å². The van der Waals surface area contributed by atoms with Crippen molar-refractivity contribution in [3.8, 4) is 5.69 Å². The summed E-state index contributed by atoms with van der Waals surface area (Å²) in [4.78, 5) is 34.8. The van der Waals surface area contributed by atoms with E-state index in [0.29, 0.717) is 26.6 Å². The van der Waals surface area contributed by atoms with Crippen molar-refractivity contribution < 1.29 is 13.2 Å². The van der Waals surface area contributed by atoms with Crippen molar-refractivity contribution in [3.63, 3.8) is 0 Å². The van der Waals surface area contributed by atoms with E-state index >= 15 is 0 Å². The second kappa shape index (κ2) is 9.84. The first-order valence-electron chi connectivity index (χ1n) is 11.5. The Labute approximate surface area is 222 Å². The average Bonchev–Trinajstić information content (AvgIpc) is 3.39. The van der Waals surface area contributed by atoms with Crippen molar-refractivity contribution in [2.45, 2.75) is 11.8 Å². The van der Waals surface area contributed by atoms with Crippen molar-refractivity contribution in [1.82, 2.24) is 14.3 Å². The zero-order chi connectivity index (χ0) is 27.0. The third-order valence-electron chi connectivity index (χ3n) is 6.05. The summed E-state index contributed by atoms with van der Waals surface area (Å²) in [5.41, 5.74) is 3.35. The molecule has 192 valence electrons. The van der Waals surface area contributed by atoms with Crippen LogP contribution in [0.2, 0.25) is 0 Å². The van der Waals surface area contributed by atoms with Gasteiger partial charge in [0.25, 0.3) is 11.5 Å². The summed E-state index contributed by atoms with van der Waals surface area (Å²) in [5.74, 6) is -0.347. The maximum atomic E-state index is 13.0. The maximum Gasteiger partial charge on any atom is 0.297 e. The predicted octanol–water partition coefficient (Wildman–Crippen LogP) is 4.50. The summed E-state index contributed by atoms with van der Waals surface area (Å²) in [6.45, 7) is 1.84. The number of rotatable bonds is 6. The number of carbonyl (C=O) groups excluding carboxylic acids is 1. The summed E-state index contributed by atoms with van der Waals surface area (Å²) in [5, 5.41) is 3.13. The zero-order valence-corrected chi connectivity index (χ0v) is 22.4. The van der Waals surface area contributed by atoms with Gasteiger partial charge in [0.15, 0.2) is 20.7 Å². The van der Waals surface area contributed by atoms with Crippen LogP contribution in [0.5, 0.6) is 0 Å². The minimum Gasteiger partial charge on any atom is -0.298 e. The monoisotopic (exact) mass is 545 g/mol. The number of hydrogen-bond acceptors (Lipinski definition) is 7. The first-order valence-corrected chi connectivity index (χ1v) is 14.2. The third-order valence-corrected chi connectivity index (χ3v) is 8.09. The number of sulfone groups is 1. The number of anilines is 1. The Bertz CT molecular complexity index is 1870. The van der Waals surface area contributed by atoms with Crippen molar-refractivity contribution in [2.24, 2.45) is 12.0 Å². The Morgan fingerprint density at radius 1 is 1.05 bits per heavy atom. The molecule has 0 radical (unpaired) electrons. The van der Waals surface area contributed by atoms with E-state index in [-0.39, 0.29) is 16.4 Å². The predicted molar refractivity (Wildman–Crippen MR) is 150 cm³/mol. The van der Waals surface area contributed by atoms with E-state index in [9.17, 15) is 18.0 Å². The van der Waals surface area contributed by atoms with Crippen LogP contribution in [0.25, 0.3) is 15.9 Å². The number of hydrogen-bond donors (Lipinski definition) is 1. The molecule has 5 rings (SSSR count). The molecule has 3 aromatic carbocycles.